The van der Waals surface area contributed by atoms with Gasteiger partial charge in [0.25, 0.3) is 5.91 Å². The molecule has 4 rings (SSSR count). The lowest BCUT2D eigenvalue weighted by Crippen LogP contribution is -2.47. The van der Waals surface area contributed by atoms with Crippen molar-refractivity contribution < 1.29 is 19.1 Å². The SMILES string of the molecule is CCC1Cc2nn3c(c2CN1C(=O)OC(C)(C)C)C(=O)N(Cc1ccc(OC)cc1)CC3. The second-order valence-corrected chi connectivity index (χ2v) is 9.45. The zero-order valence-corrected chi connectivity index (χ0v) is 19.6. The molecular weight excluding hydrogens is 408 g/mol. The van der Waals surface area contributed by atoms with Crippen LogP contribution in [-0.2, 0) is 30.8 Å². The largest absolute Gasteiger partial charge is 0.497 e. The molecule has 1 aromatic heterocycles. The summed E-state index contributed by atoms with van der Waals surface area (Å²) >= 11 is 0. The van der Waals surface area contributed by atoms with E-state index >= 15 is 0 Å². The molecule has 0 fully saturated rings. The molecule has 1 aromatic carbocycles. The van der Waals surface area contributed by atoms with Crippen LogP contribution in [-0.4, -0.2) is 56.9 Å². The quantitative estimate of drug-likeness (QED) is 0.726. The zero-order valence-electron chi connectivity index (χ0n) is 19.6. The molecule has 8 heteroatoms. The number of hydrogen-bond donors (Lipinski definition) is 0. The van der Waals surface area contributed by atoms with Gasteiger partial charge in [0.1, 0.15) is 17.0 Å². The molecule has 0 N–H and O–H groups in total. The van der Waals surface area contributed by atoms with Gasteiger partial charge < -0.3 is 19.3 Å². The molecule has 8 nitrogen and oxygen atoms in total. The summed E-state index contributed by atoms with van der Waals surface area (Å²) in [5.41, 5.74) is 2.85. The molecule has 0 saturated heterocycles. The third-order valence-electron chi connectivity index (χ3n) is 6.04. The van der Waals surface area contributed by atoms with Crippen molar-refractivity contribution in [2.45, 2.75) is 71.8 Å². The van der Waals surface area contributed by atoms with Gasteiger partial charge in [-0.2, -0.15) is 5.10 Å². The van der Waals surface area contributed by atoms with Crippen LogP contribution in [0.15, 0.2) is 24.3 Å². The number of benzene rings is 1. The maximum absolute atomic E-state index is 13.4. The molecule has 2 aromatic rings. The first-order chi connectivity index (χ1) is 15.2. The fourth-order valence-corrected chi connectivity index (χ4v) is 4.38. The van der Waals surface area contributed by atoms with E-state index in [1.165, 1.54) is 0 Å². The number of ether oxygens (including phenoxy) is 2. The topological polar surface area (TPSA) is 76.9 Å². The van der Waals surface area contributed by atoms with Crippen molar-refractivity contribution in [2.24, 2.45) is 0 Å². The highest BCUT2D eigenvalue weighted by Gasteiger charge is 2.39. The Morgan fingerprint density at radius 1 is 1.19 bits per heavy atom. The van der Waals surface area contributed by atoms with Crippen molar-refractivity contribution in [2.75, 3.05) is 13.7 Å². The van der Waals surface area contributed by atoms with E-state index in [0.717, 1.165) is 29.0 Å². The van der Waals surface area contributed by atoms with Gasteiger partial charge in [-0.3, -0.25) is 9.48 Å². The minimum atomic E-state index is -0.570. The molecule has 1 atom stereocenters. The first-order valence-corrected chi connectivity index (χ1v) is 11.2. The van der Waals surface area contributed by atoms with E-state index in [4.69, 9.17) is 14.6 Å². The number of aromatic nitrogens is 2. The van der Waals surface area contributed by atoms with Gasteiger partial charge in [0.15, 0.2) is 0 Å². The van der Waals surface area contributed by atoms with E-state index in [9.17, 15) is 9.59 Å². The number of methoxy groups -OCH3 is 1. The van der Waals surface area contributed by atoms with Crippen LogP contribution in [0.25, 0.3) is 0 Å². The molecule has 32 heavy (non-hydrogen) atoms. The van der Waals surface area contributed by atoms with Crippen LogP contribution < -0.4 is 4.74 Å². The average molecular weight is 441 g/mol. The van der Waals surface area contributed by atoms with Crippen LogP contribution in [0.1, 0.15) is 61.4 Å². The predicted molar refractivity (Wildman–Crippen MR) is 120 cm³/mol. The molecule has 0 aliphatic carbocycles. The molecule has 3 heterocycles. The van der Waals surface area contributed by atoms with Gasteiger partial charge >= 0.3 is 6.09 Å². The Bertz CT molecular complexity index is 1010. The molecule has 0 spiro atoms. The maximum Gasteiger partial charge on any atom is 0.410 e. The summed E-state index contributed by atoms with van der Waals surface area (Å²) in [7, 11) is 1.64. The lowest BCUT2D eigenvalue weighted by Gasteiger charge is -2.36. The fourth-order valence-electron chi connectivity index (χ4n) is 4.38. The predicted octanol–water partition coefficient (Wildman–Crippen LogP) is 3.62. The molecule has 2 aliphatic rings. The smallest absolute Gasteiger partial charge is 0.410 e. The molecular formula is C24H32N4O4. The Morgan fingerprint density at radius 3 is 2.53 bits per heavy atom. The number of hydrogen-bond acceptors (Lipinski definition) is 5. The summed E-state index contributed by atoms with van der Waals surface area (Å²) in [6, 6.07) is 7.77. The van der Waals surface area contributed by atoms with Crippen molar-refractivity contribution in [1.82, 2.24) is 19.6 Å². The van der Waals surface area contributed by atoms with Crippen molar-refractivity contribution in [3.05, 3.63) is 46.8 Å². The number of fused-ring (bicyclic) bond motifs is 3. The lowest BCUT2D eigenvalue weighted by molar-refractivity contribution is 0.0112. The highest BCUT2D eigenvalue weighted by Crippen LogP contribution is 2.31. The Hall–Kier alpha value is -3.03. The summed E-state index contributed by atoms with van der Waals surface area (Å²) in [4.78, 5) is 29.9. The fraction of sp³-hybridized carbons (Fsp3) is 0.542. The highest BCUT2D eigenvalue weighted by molar-refractivity contribution is 5.95. The van der Waals surface area contributed by atoms with E-state index < -0.39 is 5.60 Å². The van der Waals surface area contributed by atoms with Crippen LogP contribution in [0.4, 0.5) is 4.79 Å². The normalized spacial score (nSPS) is 18.3. The standard InChI is InChI=1S/C24H32N4O4/c1-6-17-13-20-19(15-27(17)23(30)32-24(2,3)4)21-22(29)26(11-12-28(21)25-20)14-16-7-9-18(31-5)10-8-16/h7-10,17H,6,11-15H2,1-5H3. The van der Waals surface area contributed by atoms with Crippen LogP contribution in [0, 0.1) is 0 Å². The Kier molecular flexibility index (Phi) is 5.88. The summed E-state index contributed by atoms with van der Waals surface area (Å²) < 4.78 is 12.7. The molecule has 2 aliphatic heterocycles. The number of nitrogens with zero attached hydrogens (tertiary/aromatic N) is 4. The van der Waals surface area contributed by atoms with Crippen LogP contribution in [0.2, 0.25) is 0 Å². The Morgan fingerprint density at radius 2 is 1.91 bits per heavy atom. The average Bonchev–Trinajstić information content (AvgIpc) is 3.12. The van der Waals surface area contributed by atoms with E-state index in [-0.39, 0.29) is 18.0 Å². The van der Waals surface area contributed by atoms with Gasteiger partial charge in [0.2, 0.25) is 0 Å². The Labute approximate surface area is 189 Å². The summed E-state index contributed by atoms with van der Waals surface area (Å²) in [6.45, 7) is 9.77. The first kappa shape index (κ1) is 22.2. The third-order valence-corrected chi connectivity index (χ3v) is 6.04. The molecule has 0 saturated carbocycles. The molecule has 1 unspecified atom stereocenters. The van der Waals surface area contributed by atoms with Crippen molar-refractivity contribution in [3.63, 3.8) is 0 Å². The van der Waals surface area contributed by atoms with E-state index in [0.29, 0.717) is 38.3 Å². The lowest BCUT2D eigenvalue weighted by atomic mass is 9.96. The van der Waals surface area contributed by atoms with Gasteiger partial charge in [-0.05, 0) is 44.9 Å². The van der Waals surface area contributed by atoms with Crippen molar-refractivity contribution >= 4 is 12.0 Å². The molecule has 2 amide bonds. The summed E-state index contributed by atoms with van der Waals surface area (Å²) in [5.74, 6) is 0.749. The number of carbonyl (C=O) groups excluding carboxylic acids is 2. The molecule has 0 bridgehead atoms. The number of rotatable bonds is 4. The van der Waals surface area contributed by atoms with Gasteiger partial charge in [0, 0.05) is 31.1 Å². The second kappa shape index (κ2) is 8.48. The van der Waals surface area contributed by atoms with E-state index in [1.54, 1.807) is 12.0 Å². The van der Waals surface area contributed by atoms with Gasteiger partial charge in [-0.25, -0.2) is 4.79 Å². The van der Waals surface area contributed by atoms with Gasteiger partial charge in [0.05, 0.1) is 25.9 Å². The van der Waals surface area contributed by atoms with Gasteiger partial charge in [-0.15, -0.1) is 0 Å². The number of amides is 2. The van der Waals surface area contributed by atoms with Crippen LogP contribution in [0.5, 0.6) is 5.75 Å². The first-order valence-electron chi connectivity index (χ1n) is 11.2. The minimum Gasteiger partial charge on any atom is -0.497 e. The van der Waals surface area contributed by atoms with Crippen molar-refractivity contribution in [3.8, 4) is 5.75 Å². The molecule has 0 radical (unpaired) electrons. The van der Waals surface area contributed by atoms with E-state index in [1.807, 2.05) is 54.6 Å². The monoisotopic (exact) mass is 440 g/mol. The van der Waals surface area contributed by atoms with Gasteiger partial charge in [-0.1, -0.05) is 19.1 Å². The van der Waals surface area contributed by atoms with Crippen molar-refractivity contribution in [1.29, 1.82) is 0 Å². The number of carbonyl (C=O) groups is 2. The van der Waals surface area contributed by atoms with E-state index in [2.05, 4.69) is 6.92 Å². The minimum absolute atomic E-state index is 0.0137. The maximum atomic E-state index is 13.4. The third kappa shape index (κ3) is 4.31. The Balaban J connectivity index is 1.58. The summed E-state index contributed by atoms with van der Waals surface area (Å²) in [5, 5.41) is 4.75. The van der Waals surface area contributed by atoms with Crippen LogP contribution in [0.3, 0.4) is 0 Å². The highest BCUT2D eigenvalue weighted by atomic mass is 16.6. The second-order valence-electron chi connectivity index (χ2n) is 9.45. The van der Waals surface area contributed by atoms with Crippen LogP contribution >= 0.6 is 0 Å². The zero-order chi connectivity index (χ0) is 23.0. The summed E-state index contributed by atoms with van der Waals surface area (Å²) in [6.07, 6.45) is 1.10. The molecule has 172 valence electrons.